The summed E-state index contributed by atoms with van der Waals surface area (Å²) >= 11 is 0. The average Bonchev–Trinajstić information content (AvgIpc) is 2.41. The molecule has 2 N–H and O–H groups in total. The van der Waals surface area contributed by atoms with E-state index in [0.717, 1.165) is 17.9 Å². The molecule has 1 fully saturated rings. The van der Waals surface area contributed by atoms with Gasteiger partial charge in [0.25, 0.3) is 0 Å². The van der Waals surface area contributed by atoms with Gasteiger partial charge in [0.15, 0.2) is 0 Å². The van der Waals surface area contributed by atoms with Gasteiger partial charge in [-0.2, -0.15) is 0 Å². The Morgan fingerprint density at radius 1 is 1.35 bits per heavy atom. The number of nitrogens with two attached hydrogens (primary N) is 1. The van der Waals surface area contributed by atoms with Gasteiger partial charge in [0.1, 0.15) is 5.75 Å². The van der Waals surface area contributed by atoms with Crippen LogP contribution in [0, 0.1) is 0 Å². The molecule has 112 valence electrons. The topological polar surface area (TPSA) is 38.5 Å². The summed E-state index contributed by atoms with van der Waals surface area (Å²) in [7, 11) is 0. The maximum atomic E-state index is 5.89. The Bertz CT molecular complexity index is 431. The van der Waals surface area contributed by atoms with Crippen molar-refractivity contribution in [3.05, 3.63) is 29.3 Å². The largest absolute Gasteiger partial charge is 0.491 e. The fraction of sp³-hybridized carbons (Fsp3) is 0.647. The minimum atomic E-state index is 0.185. The van der Waals surface area contributed by atoms with Crippen molar-refractivity contribution in [3.63, 3.8) is 0 Å². The molecule has 1 atom stereocenters. The summed E-state index contributed by atoms with van der Waals surface area (Å²) in [6, 6.07) is 7.16. The summed E-state index contributed by atoms with van der Waals surface area (Å²) in [6.07, 6.45) is 4.19. The molecule has 0 bridgehead atoms. The monoisotopic (exact) mass is 276 g/mol. The highest BCUT2D eigenvalue weighted by Gasteiger charge is 2.18. The zero-order chi connectivity index (χ0) is 14.5. The van der Waals surface area contributed by atoms with Crippen LogP contribution >= 0.6 is 0 Å². The van der Waals surface area contributed by atoms with Crippen molar-refractivity contribution in [1.82, 2.24) is 4.90 Å². The van der Waals surface area contributed by atoms with Crippen LogP contribution in [0.15, 0.2) is 18.2 Å². The van der Waals surface area contributed by atoms with Gasteiger partial charge in [-0.3, -0.25) is 4.90 Å². The van der Waals surface area contributed by atoms with E-state index in [1.54, 1.807) is 0 Å². The molecule has 1 aliphatic rings. The Hall–Kier alpha value is -1.06. The second-order valence-electron chi connectivity index (χ2n) is 6.13. The van der Waals surface area contributed by atoms with E-state index < -0.39 is 0 Å². The zero-order valence-corrected chi connectivity index (χ0v) is 13.1. The number of likely N-dealkylation sites (tertiary alicyclic amines) is 1. The fourth-order valence-corrected chi connectivity index (χ4v) is 2.86. The predicted octanol–water partition coefficient (Wildman–Crippen LogP) is 3.31. The number of rotatable bonds is 5. The van der Waals surface area contributed by atoms with E-state index in [0.29, 0.717) is 12.6 Å². The summed E-state index contributed by atoms with van der Waals surface area (Å²) in [6.45, 7) is 9.20. The van der Waals surface area contributed by atoms with Crippen LogP contribution in [0.3, 0.4) is 0 Å². The maximum absolute atomic E-state index is 5.89. The number of nitrogens with zero attached hydrogens (tertiary/aromatic N) is 1. The van der Waals surface area contributed by atoms with Gasteiger partial charge in [-0.25, -0.2) is 0 Å². The molecule has 0 spiro atoms. The highest BCUT2D eigenvalue weighted by atomic mass is 16.5. The SMILES string of the molecule is CC(C)Oc1cc(CN2CCCCC2C)ccc1CN. The third-order valence-corrected chi connectivity index (χ3v) is 4.04. The molecule has 3 heteroatoms. The lowest BCUT2D eigenvalue weighted by molar-refractivity contribution is 0.152. The zero-order valence-electron chi connectivity index (χ0n) is 13.1. The quantitative estimate of drug-likeness (QED) is 0.896. The van der Waals surface area contributed by atoms with Gasteiger partial charge in [0, 0.05) is 24.7 Å². The van der Waals surface area contributed by atoms with Gasteiger partial charge < -0.3 is 10.5 Å². The highest BCUT2D eigenvalue weighted by molar-refractivity contribution is 5.37. The van der Waals surface area contributed by atoms with Gasteiger partial charge >= 0.3 is 0 Å². The van der Waals surface area contributed by atoms with Crippen LogP contribution in [0.1, 0.15) is 51.2 Å². The Morgan fingerprint density at radius 2 is 2.15 bits per heavy atom. The molecular weight excluding hydrogens is 248 g/mol. The predicted molar refractivity (Wildman–Crippen MR) is 83.8 cm³/mol. The molecule has 1 heterocycles. The molecule has 1 saturated heterocycles. The molecule has 0 amide bonds. The molecule has 1 aromatic rings. The molecule has 3 nitrogen and oxygen atoms in total. The molecule has 1 aliphatic heterocycles. The van der Waals surface area contributed by atoms with Crippen LogP contribution in [-0.2, 0) is 13.1 Å². The first-order chi connectivity index (χ1) is 9.60. The highest BCUT2D eigenvalue weighted by Crippen LogP contribution is 2.24. The smallest absolute Gasteiger partial charge is 0.124 e. The van der Waals surface area contributed by atoms with Gasteiger partial charge in [-0.05, 0) is 51.8 Å². The molecule has 0 aromatic heterocycles. The lowest BCUT2D eigenvalue weighted by Crippen LogP contribution is -2.36. The van der Waals surface area contributed by atoms with Crippen LogP contribution in [0.5, 0.6) is 5.75 Å². The first-order valence-corrected chi connectivity index (χ1v) is 7.82. The number of hydrogen-bond acceptors (Lipinski definition) is 3. The molecule has 2 rings (SSSR count). The number of ether oxygens (including phenoxy) is 1. The van der Waals surface area contributed by atoms with Crippen molar-refractivity contribution in [1.29, 1.82) is 0 Å². The van der Waals surface area contributed by atoms with E-state index in [9.17, 15) is 0 Å². The van der Waals surface area contributed by atoms with E-state index in [2.05, 4.69) is 43.9 Å². The minimum Gasteiger partial charge on any atom is -0.491 e. The van der Waals surface area contributed by atoms with Crippen LogP contribution in [0.2, 0.25) is 0 Å². The van der Waals surface area contributed by atoms with Crippen molar-refractivity contribution in [2.24, 2.45) is 5.73 Å². The number of piperidine rings is 1. The van der Waals surface area contributed by atoms with Crippen LogP contribution in [0.25, 0.3) is 0 Å². The standard InChI is InChI=1S/C17H28N2O/c1-13(2)20-17-10-15(7-8-16(17)11-18)12-19-9-5-4-6-14(19)3/h7-8,10,13-14H,4-6,9,11-12,18H2,1-3H3. The minimum absolute atomic E-state index is 0.185. The van der Waals surface area contributed by atoms with Crippen molar-refractivity contribution < 1.29 is 4.74 Å². The molecule has 1 unspecified atom stereocenters. The first kappa shape index (κ1) is 15.3. The van der Waals surface area contributed by atoms with Gasteiger partial charge in [0.2, 0.25) is 0 Å². The fourth-order valence-electron chi connectivity index (χ4n) is 2.86. The first-order valence-electron chi connectivity index (χ1n) is 7.82. The summed E-state index contributed by atoms with van der Waals surface area (Å²) in [5.41, 5.74) is 8.21. The van der Waals surface area contributed by atoms with Crippen LogP contribution < -0.4 is 10.5 Å². The van der Waals surface area contributed by atoms with Gasteiger partial charge in [-0.1, -0.05) is 18.6 Å². The average molecular weight is 276 g/mol. The second kappa shape index (κ2) is 7.09. The molecule has 0 radical (unpaired) electrons. The van der Waals surface area contributed by atoms with Crippen molar-refractivity contribution in [2.75, 3.05) is 6.54 Å². The summed E-state index contributed by atoms with van der Waals surface area (Å²) in [5.74, 6) is 0.949. The van der Waals surface area contributed by atoms with E-state index in [1.165, 1.54) is 31.4 Å². The summed E-state index contributed by atoms with van der Waals surface area (Å²) in [5, 5.41) is 0. The van der Waals surface area contributed by atoms with Gasteiger partial charge in [0.05, 0.1) is 6.10 Å². The van der Waals surface area contributed by atoms with Crippen LogP contribution in [-0.4, -0.2) is 23.6 Å². The van der Waals surface area contributed by atoms with E-state index in [4.69, 9.17) is 10.5 Å². The number of benzene rings is 1. The van der Waals surface area contributed by atoms with Crippen molar-refractivity contribution >= 4 is 0 Å². The summed E-state index contributed by atoms with van der Waals surface area (Å²) < 4.78 is 5.89. The molecule has 1 aromatic carbocycles. The third-order valence-electron chi connectivity index (χ3n) is 4.04. The summed E-state index contributed by atoms with van der Waals surface area (Å²) in [4.78, 5) is 2.57. The van der Waals surface area contributed by atoms with E-state index in [1.807, 2.05) is 0 Å². The van der Waals surface area contributed by atoms with Crippen molar-refractivity contribution in [3.8, 4) is 5.75 Å². The van der Waals surface area contributed by atoms with Crippen molar-refractivity contribution in [2.45, 2.75) is 65.3 Å². The molecule has 20 heavy (non-hydrogen) atoms. The maximum Gasteiger partial charge on any atom is 0.124 e. The van der Waals surface area contributed by atoms with Gasteiger partial charge in [-0.15, -0.1) is 0 Å². The normalized spacial score (nSPS) is 20.4. The lowest BCUT2D eigenvalue weighted by atomic mass is 10.0. The number of hydrogen-bond donors (Lipinski definition) is 1. The Balaban J connectivity index is 2.11. The molecular formula is C17H28N2O. The lowest BCUT2D eigenvalue weighted by Gasteiger charge is -2.33. The van der Waals surface area contributed by atoms with Crippen LogP contribution in [0.4, 0.5) is 0 Å². The molecule has 0 aliphatic carbocycles. The third kappa shape index (κ3) is 3.97. The second-order valence-corrected chi connectivity index (χ2v) is 6.13. The van der Waals surface area contributed by atoms with E-state index in [-0.39, 0.29) is 6.10 Å². The molecule has 0 saturated carbocycles. The Kier molecular flexibility index (Phi) is 5.44. The Labute approximate surface area is 123 Å². The Morgan fingerprint density at radius 3 is 2.80 bits per heavy atom. The van der Waals surface area contributed by atoms with E-state index >= 15 is 0 Å².